The van der Waals surface area contributed by atoms with Gasteiger partial charge in [0.25, 0.3) is 0 Å². The summed E-state index contributed by atoms with van der Waals surface area (Å²) in [6, 6.07) is 12.6. The first-order valence-corrected chi connectivity index (χ1v) is 9.89. The summed E-state index contributed by atoms with van der Waals surface area (Å²) < 4.78 is 33.3. The molecule has 1 unspecified atom stereocenters. The van der Waals surface area contributed by atoms with Gasteiger partial charge in [0.05, 0.1) is 16.6 Å². The number of hydrogen-bond donors (Lipinski definition) is 0. The van der Waals surface area contributed by atoms with Crippen LogP contribution in [0.4, 0.5) is 0 Å². The van der Waals surface area contributed by atoms with E-state index in [0.717, 1.165) is 18.5 Å². The van der Waals surface area contributed by atoms with Crippen molar-refractivity contribution < 1.29 is 12.8 Å². The zero-order valence-electron chi connectivity index (χ0n) is 14.2. The molecule has 6 nitrogen and oxygen atoms in total. The summed E-state index contributed by atoms with van der Waals surface area (Å²) in [5, 5.41) is 0.576. The molecule has 0 spiro atoms. The quantitative estimate of drug-likeness (QED) is 0.645. The maximum absolute atomic E-state index is 13.3. The molecule has 0 amide bonds. The monoisotopic (exact) mass is 370 g/mol. The fourth-order valence-electron chi connectivity index (χ4n) is 3.14. The van der Waals surface area contributed by atoms with Crippen LogP contribution in [0.1, 0.15) is 31.5 Å². The van der Waals surface area contributed by atoms with E-state index in [9.17, 15) is 13.2 Å². The topological polar surface area (TPSA) is 80.5 Å². The van der Waals surface area contributed by atoms with Crippen molar-refractivity contribution in [1.82, 2.24) is 9.29 Å². The Kier molecular flexibility index (Phi) is 4.13. The molecule has 134 valence electrons. The van der Waals surface area contributed by atoms with Crippen LogP contribution in [0.2, 0.25) is 0 Å². The highest BCUT2D eigenvalue weighted by Gasteiger charge is 2.42. The SMILES string of the molecule is CC(c1ccccn1)N(C1CC1)S(=O)(=O)c1ccc2oc(=O)ccc2c1. The van der Waals surface area contributed by atoms with E-state index < -0.39 is 15.6 Å². The van der Waals surface area contributed by atoms with E-state index in [-0.39, 0.29) is 17.0 Å². The lowest BCUT2D eigenvalue weighted by Gasteiger charge is -2.28. The van der Waals surface area contributed by atoms with Gasteiger partial charge in [-0.2, -0.15) is 4.31 Å². The molecule has 3 aromatic rings. The van der Waals surface area contributed by atoms with Gasteiger partial charge in [0.1, 0.15) is 5.58 Å². The number of fused-ring (bicyclic) bond motifs is 1. The zero-order valence-corrected chi connectivity index (χ0v) is 15.0. The van der Waals surface area contributed by atoms with Crippen LogP contribution >= 0.6 is 0 Å². The summed E-state index contributed by atoms with van der Waals surface area (Å²) in [7, 11) is -3.71. The lowest BCUT2D eigenvalue weighted by atomic mass is 10.2. The van der Waals surface area contributed by atoms with Gasteiger partial charge < -0.3 is 4.42 Å². The molecule has 1 aliphatic rings. The van der Waals surface area contributed by atoms with Crippen molar-refractivity contribution in [1.29, 1.82) is 0 Å². The first kappa shape index (κ1) is 16.9. The molecule has 1 atom stereocenters. The Labute approximate surface area is 151 Å². The Morgan fingerprint density at radius 3 is 2.65 bits per heavy atom. The second kappa shape index (κ2) is 6.34. The summed E-state index contributed by atoms with van der Waals surface area (Å²) in [6.45, 7) is 1.86. The molecule has 2 heterocycles. The minimum atomic E-state index is -3.71. The molecule has 7 heteroatoms. The average molecular weight is 370 g/mol. The third-order valence-electron chi connectivity index (χ3n) is 4.57. The molecule has 0 radical (unpaired) electrons. The lowest BCUT2D eigenvalue weighted by molar-refractivity contribution is 0.329. The van der Waals surface area contributed by atoms with E-state index in [1.807, 2.05) is 25.1 Å². The first-order valence-electron chi connectivity index (χ1n) is 8.45. The Hall–Kier alpha value is -2.51. The average Bonchev–Trinajstić information content (AvgIpc) is 3.46. The molecular weight excluding hydrogens is 352 g/mol. The fraction of sp³-hybridized carbons (Fsp3) is 0.263. The Morgan fingerprint density at radius 2 is 1.96 bits per heavy atom. The minimum absolute atomic E-state index is 0.0126. The second-order valence-corrected chi connectivity index (χ2v) is 8.29. The Morgan fingerprint density at radius 1 is 1.15 bits per heavy atom. The van der Waals surface area contributed by atoms with Gasteiger partial charge in [-0.25, -0.2) is 13.2 Å². The van der Waals surface area contributed by atoms with Crippen molar-refractivity contribution in [2.24, 2.45) is 0 Å². The smallest absolute Gasteiger partial charge is 0.336 e. The van der Waals surface area contributed by atoms with Gasteiger partial charge in [-0.05, 0) is 56.2 Å². The van der Waals surface area contributed by atoms with Crippen LogP contribution in [0, 0.1) is 0 Å². The van der Waals surface area contributed by atoms with Gasteiger partial charge in [-0.1, -0.05) is 6.07 Å². The van der Waals surface area contributed by atoms with Crippen LogP contribution in [0.3, 0.4) is 0 Å². The van der Waals surface area contributed by atoms with E-state index in [1.54, 1.807) is 22.6 Å². The standard InChI is InChI=1S/C19H18N2O4S/c1-13(17-4-2-3-11-20-17)21(15-6-7-15)26(23,24)16-8-9-18-14(12-16)5-10-19(22)25-18/h2-5,8-13,15H,6-7H2,1H3. The maximum Gasteiger partial charge on any atom is 0.336 e. The highest BCUT2D eigenvalue weighted by Crippen LogP contribution is 2.38. The number of pyridine rings is 1. The van der Waals surface area contributed by atoms with Gasteiger partial charge in [0, 0.05) is 23.7 Å². The van der Waals surface area contributed by atoms with Gasteiger partial charge >= 0.3 is 5.63 Å². The molecule has 26 heavy (non-hydrogen) atoms. The molecule has 1 fully saturated rings. The number of sulfonamides is 1. The highest BCUT2D eigenvalue weighted by molar-refractivity contribution is 7.89. The van der Waals surface area contributed by atoms with Gasteiger partial charge in [-0.15, -0.1) is 0 Å². The number of aromatic nitrogens is 1. The number of rotatable bonds is 5. The molecule has 0 bridgehead atoms. The zero-order chi connectivity index (χ0) is 18.3. The van der Waals surface area contributed by atoms with Gasteiger partial charge in [-0.3, -0.25) is 4.98 Å². The number of benzene rings is 1. The predicted octanol–water partition coefficient (Wildman–Crippen LogP) is 3.10. The molecule has 0 N–H and O–H groups in total. The largest absolute Gasteiger partial charge is 0.423 e. The molecule has 0 saturated heterocycles. The second-order valence-electron chi connectivity index (χ2n) is 6.45. The summed E-state index contributed by atoms with van der Waals surface area (Å²) >= 11 is 0. The molecule has 2 aromatic heterocycles. The summed E-state index contributed by atoms with van der Waals surface area (Å²) in [4.78, 5) is 15.8. The lowest BCUT2D eigenvalue weighted by Crippen LogP contribution is -2.36. The van der Waals surface area contributed by atoms with Crippen LogP contribution in [0.5, 0.6) is 0 Å². The van der Waals surface area contributed by atoms with Crippen LogP contribution in [-0.2, 0) is 10.0 Å². The summed E-state index contributed by atoms with van der Waals surface area (Å²) in [6.07, 6.45) is 3.36. The minimum Gasteiger partial charge on any atom is -0.423 e. The van der Waals surface area contributed by atoms with Crippen LogP contribution < -0.4 is 5.63 Å². The van der Waals surface area contributed by atoms with Crippen molar-refractivity contribution in [3.8, 4) is 0 Å². The third-order valence-corrected chi connectivity index (χ3v) is 6.59. The molecule has 4 rings (SSSR count). The number of nitrogens with zero attached hydrogens (tertiary/aromatic N) is 2. The predicted molar refractivity (Wildman–Crippen MR) is 97.2 cm³/mol. The fourth-order valence-corrected chi connectivity index (χ4v) is 5.02. The normalized spacial score (nSPS) is 16.1. The van der Waals surface area contributed by atoms with Crippen molar-refractivity contribution in [2.45, 2.75) is 36.7 Å². The summed E-state index contributed by atoms with van der Waals surface area (Å²) in [5.41, 5.74) is 0.624. The van der Waals surface area contributed by atoms with E-state index in [0.29, 0.717) is 11.0 Å². The molecule has 1 aliphatic carbocycles. The maximum atomic E-state index is 13.3. The molecular formula is C19H18N2O4S. The van der Waals surface area contributed by atoms with Crippen molar-refractivity contribution in [2.75, 3.05) is 0 Å². The van der Waals surface area contributed by atoms with Crippen molar-refractivity contribution in [3.05, 3.63) is 70.8 Å². The van der Waals surface area contributed by atoms with E-state index in [1.165, 1.54) is 18.2 Å². The Balaban J connectivity index is 1.78. The third kappa shape index (κ3) is 3.04. The van der Waals surface area contributed by atoms with Gasteiger partial charge in [0.2, 0.25) is 10.0 Å². The molecule has 1 aromatic carbocycles. The highest BCUT2D eigenvalue weighted by atomic mass is 32.2. The van der Waals surface area contributed by atoms with Crippen molar-refractivity contribution >= 4 is 21.0 Å². The number of hydrogen-bond acceptors (Lipinski definition) is 5. The summed E-state index contributed by atoms with van der Waals surface area (Å²) in [5.74, 6) is 0. The van der Waals surface area contributed by atoms with Crippen LogP contribution in [0.15, 0.2) is 68.8 Å². The van der Waals surface area contributed by atoms with Gasteiger partial charge in [0.15, 0.2) is 0 Å². The van der Waals surface area contributed by atoms with E-state index in [2.05, 4.69) is 4.98 Å². The first-order chi connectivity index (χ1) is 12.5. The molecule has 0 aliphatic heterocycles. The van der Waals surface area contributed by atoms with E-state index >= 15 is 0 Å². The van der Waals surface area contributed by atoms with Crippen LogP contribution in [0.25, 0.3) is 11.0 Å². The Bertz CT molecular complexity index is 1110. The van der Waals surface area contributed by atoms with E-state index in [4.69, 9.17) is 4.42 Å². The molecule has 1 saturated carbocycles. The van der Waals surface area contributed by atoms with Crippen LogP contribution in [-0.4, -0.2) is 23.7 Å². The van der Waals surface area contributed by atoms with Crippen molar-refractivity contribution in [3.63, 3.8) is 0 Å².